The average Bonchev–Trinajstić information content (AvgIpc) is 1.95. The van der Waals surface area contributed by atoms with E-state index in [9.17, 15) is 0 Å². The van der Waals surface area contributed by atoms with E-state index in [0.717, 1.165) is 0 Å². The van der Waals surface area contributed by atoms with Crippen molar-refractivity contribution >= 4 is 7.26 Å². The number of rotatable bonds is 1. The molecule has 0 spiro atoms. The van der Waals surface area contributed by atoms with Gasteiger partial charge in [0.05, 0.1) is 0 Å². The van der Waals surface area contributed by atoms with Crippen LogP contribution in [0, 0.1) is 33.2 Å². The minimum absolute atomic E-state index is 0.399. The summed E-state index contributed by atoms with van der Waals surface area (Å²) in [6.07, 6.45) is 0.399. The summed E-state index contributed by atoms with van der Waals surface area (Å²) in [7, 11) is -2.77. The number of nitrogens with zero attached hydrogens (tertiary/aromatic N) is 3. The fourth-order valence-corrected chi connectivity index (χ4v) is 0.937. The van der Waals surface area contributed by atoms with E-state index in [2.05, 4.69) is 0 Å². The molecular weight excluding hydrogens is 133 g/mol. The Kier molecular flexibility index (Phi) is 2.66. The molecule has 0 aromatic heterocycles. The normalized spacial score (nSPS) is 10.4. The van der Waals surface area contributed by atoms with Gasteiger partial charge in [-0.2, -0.15) is 0 Å². The molecule has 0 fully saturated rings. The fourth-order valence-electron chi connectivity index (χ4n) is 0.312. The van der Waals surface area contributed by atoms with Crippen LogP contribution in [0.4, 0.5) is 0 Å². The Morgan fingerprint density at radius 3 is 1.44 bits per heavy atom. The molecule has 3 nitrogen and oxygen atoms in total. The first-order valence-electron chi connectivity index (χ1n) is 2.48. The van der Waals surface area contributed by atoms with E-state index in [1.165, 1.54) is 0 Å². The topological polar surface area (TPSA) is 71.4 Å². The van der Waals surface area contributed by atoms with E-state index < -0.39 is 7.26 Å². The molecule has 9 heavy (non-hydrogen) atoms. The molecule has 0 amide bonds. The van der Waals surface area contributed by atoms with E-state index in [1.54, 1.807) is 24.4 Å². The van der Waals surface area contributed by atoms with Gasteiger partial charge in [-0.1, -0.05) is 0 Å². The van der Waals surface area contributed by atoms with Crippen LogP contribution in [0.2, 0.25) is 0 Å². The van der Waals surface area contributed by atoms with Crippen LogP contribution in [0.15, 0.2) is 0 Å². The predicted octanol–water partition coefficient (Wildman–Crippen LogP) is 1.20. The summed E-state index contributed by atoms with van der Waals surface area (Å²) < 4.78 is 0. The number of hydrogen-bond acceptors (Lipinski definition) is 3. The summed E-state index contributed by atoms with van der Waals surface area (Å²) in [5, 5.41) is 25.0. The summed E-state index contributed by atoms with van der Waals surface area (Å²) >= 11 is 0. The molecule has 0 aliphatic carbocycles. The third kappa shape index (κ3) is 1.39. The van der Waals surface area contributed by atoms with Gasteiger partial charge in [0.2, 0.25) is 0 Å². The number of nitriles is 3. The molecule has 0 radical (unpaired) electrons. The van der Waals surface area contributed by atoms with Crippen LogP contribution in [0.25, 0.3) is 0 Å². The molecule has 0 atom stereocenters. The Balaban J connectivity index is 4.54. The monoisotopic (exact) mass is 139 g/mol. The Hall–Kier alpha value is -1.10. The first-order valence-corrected chi connectivity index (χ1v) is 4.69. The summed E-state index contributed by atoms with van der Waals surface area (Å²) in [5.74, 6) is 5.34. The molecular formula is C5H6N3P. The molecule has 0 aromatic rings. The van der Waals surface area contributed by atoms with Crippen molar-refractivity contribution in [3.63, 3.8) is 0 Å². The second-order valence-corrected chi connectivity index (χ2v) is 4.78. The molecule has 0 bridgehead atoms. The first-order chi connectivity index (χ1) is 4.24. The molecule has 0 aromatic carbocycles. The van der Waals surface area contributed by atoms with Gasteiger partial charge in [-0.25, -0.2) is 0 Å². The van der Waals surface area contributed by atoms with Gasteiger partial charge < -0.3 is 0 Å². The zero-order valence-corrected chi connectivity index (χ0v) is 6.05. The van der Waals surface area contributed by atoms with Gasteiger partial charge in [0, 0.05) is 0 Å². The molecule has 46 valence electrons. The van der Waals surface area contributed by atoms with Gasteiger partial charge in [0.15, 0.2) is 0 Å². The van der Waals surface area contributed by atoms with Gasteiger partial charge in [0.1, 0.15) is 0 Å². The van der Waals surface area contributed by atoms with Crippen molar-refractivity contribution in [2.75, 3.05) is 6.16 Å². The van der Waals surface area contributed by atoms with Crippen LogP contribution in [0.5, 0.6) is 0 Å². The second kappa shape index (κ2) is 3.03. The van der Waals surface area contributed by atoms with Crippen LogP contribution < -0.4 is 0 Å². The van der Waals surface area contributed by atoms with E-state index >= 15 is 0 Å². The van der Waals surface area contributed by atoms with Crippen LogP contribution in [0.3, 0.4) is 0 Å². The van der Waals surface area contributed by atoms with Crippen LogP contribution >= 0.6 is 7.26 Å². The summed E-state index contributed by atoms with van der Waals surface area (Å²) in [6.45, 7) is 1.70. The van der Waals surface area contributed by atoms with Crippen molar-refractivity contribution in [3.8, 4) is 17.4 Å². The molecule has 0 heterocycles. The third-order valence-corrected chi connectivity index (χ3v) is 3.31. The molecule has 0 saturated carbocycles. The van der Waals surface area contributed by atoms with Gasteiger partial charge in [-0.3, -0.25) is 0 Å². The minimum atomic E-state index is -2.77. The predicted molar refractivity (Wildman–Crippen MR) is 35.7 cm³/mol. The van der Waals surface area contributed by atoms with Gasteiger partial charge in [0.25, 0.3) is 0 Å². The standard InChI is InChI=1S/C5H6N3P/c1-2-9(3-6,4-7)5-8/h9H,2H2,1H3. The van der Waals surface area contributed by atoms with Crippen molar-refractivity contribution in [2.45, 2.75) is 6.92 Å². The SMILES string of the molecule is CC[PH](C#N)(C#N)C#N. The van der Waals surface area contributed by atoms with Crippen LogP contribution in [-0.4, -0.2) is 6.16 Å². The Morgan fingerprint density at radius 1 is 1.11 bits per heavy atom. The van der Waals surface area contributed by atoms with E-state index in [0.29, 0.717) is 6.16 Å². The molecule has 0 N–H and O–H groups in total. The number of hydrogen-bond donors (Lipinski definition) is 0. The summed E-state index contributed by atoms with van der Waals surface area (Å²) in [6, 6.07) is 0. The maximum atomic E-state index is 8.34. The fraction of sp³-hybridized carbons (Fsp3) is 0.400. The molecule has 0 unspecified atom stereocenters. The van der Waals surface area contributed by atoms with Crippen molar-refractivity contribution in [2.24, 2.45) is 0 Å². The zero-order chi connectivity index (χ0) is 7.33. The van der Waals surface area contributed by atoms with Gasteiger partial charge in [-0.15, -0.1) is 0 Å². The molecule has 4 heteroatoms. The zero-order valence-electron chi connectivity index (χ0n) is 5.05. The van der Waals surface area contributed by atoms with Crippen molar-refractivity contribution in [1.29, 1.82) is 15.8 Å². The second-order valence-electron chi connectivity index (χ2n) is 1.59. The third-order valence-electron chi connectivity index (χ3n) is 1.10. The van der Waals surface area contributed by atoms with Gasteiger partial charge >= 0.3 is 53.6 Å². The Labute approximate surface area is 54.5 Å². The Bertz CT molecular complexity index is 178. The first kappa shape index (κ1) is 7.90. The molecule has 0 rings (SSSR count). The Morgan fingerprint density at radius 2 is 1.44 bits per heavy atom. The maximum absolute atomic E-state index is 8.34. The molecule has 0 aliphatic heterocycles. The van der Waals surface area contributed by atoms with Gasteiger partial charge in [-0.05, 0) is 0 Å². The van der Waals surface area contributed by atoms with Crippen LogP contribution in [-0.2, 0) is 0 Å². The quantitative estimate of drug-likeness (QED) is 0.512. The van der Waals surface area contributed by atoms with Crippen molar-refractivity contribution in [3.05, 3.63) is 0 Å². The molecule has 0 saturated heterocycles. The van der Waals surface area contributed by atoms with Crippen molar-refractivity contribution < 1.29 is 0 Å². The van der Waals surface area contributed by atoms with E-state index in [4.69, 9.17) is 15.8 Å². The summed E-state index contributed by atoms with van der Waals surface area (Å²) in [5.41, 5.74) is 0. The van der Waals surface area contributed by atoms with Crippen LogP contribution in [0.1, 0.15) is 6.92 Å². The average molecular weight is 139 g/mol. The molecule has 0 aliphatic rings. The van der Waals surface area contributed by atoms with E-state index in [1.807, 2.05) is 0 Å². The van der Waals surface area contributed by atoms with Crippen molar-refractivity contribution in [1.82, 2.24) is 0 Å². The summed E-state index contributed by atoms with van der Waals surface area (Å²) in [4.78, 5) is 0. The van der Waals surface area contributed by atoms with E-state index in [-0.39, 0.29) is 0 Å².